The molecule has 0 saturated carbocycles. The number of carboxylic acids is 1. The van der Waals surface area contributed by atoms with Crippen LogP contribution in [-0.4, -0.2) is 48.7 Å². The summed E-state index contributed by atoms with van der Waals surface area (Å²) >= 11 is 0. The van der Waals surface area contributed by atoms with Crippen molar-refractivity contribution in [2.75, 3.05) is 26.8 Å². The quantitative estimate of drug-likeness (QED) is 0.847. The van der Waals surface area contributed by atoms with E-state index in [4.69, 9.17) is 14.6 Å². The number of nitrogens with zero attached hydrogens (tertiary/aromatic N) is 1. The molecule has 1 fully saturated rings. The Morgan fingerprint density at radius 1 is 1.48 bits per heavy atom. The fourth-order valence-electron chi connectivity index (χ4n) is 2.27. The Labute approximate surface area is 123 Å². The molecule has 1 aromatic carbocycles. The molecule has 1 saturated heterocycles. The summed E-state index contributed by atoms with van der Waals surface area (Å²) < 4.78 is 10.9. The molecule has 0 radical (unpaired) electrons. The highest BCUT2D eigenvalue weighted by atomic mass is 16.5. The summed E-state index contributed by atoms with van der Waals surface area (Å²) in [5.74, 6) is -1.80. The van der Waals surface area contributed by atoms with Crippen molar-refractivity contribution in [2.45, 2.75) is 13.0 Å². The zero-order chi connectivity index (χ0) is 15.4. The minimum atomic E-state index is -1.11. The second kappa shape index (κ2) is 6.58. The first kappa shape index (κ1) is 15.3. The van der Waals surface area contributed by atoms with E-state index in [-0.39, 0.29) is 12.0 Å². The Kier molecular flexibility index (Phi) is 4.80. The molecular formula is C15H19NO5. The third kappa shape index (κ3) is 3.52. The summed E-state index contributed by atoms with van der Waals surface area (Å²) in [5, 5.41) is 8.94. The van der Waals surface area contributed by atoms with E-state index in [2.05, 4.69) is 0 Å². The molecular weight excluding hydrogens is 274 g/mol. The predicted octanol–water partition coefficient (Wildman–Crippen LogP) is 1.32. The third-order valence-electron chi connectivity index (χ3n) is 3.58. The Morgan fingerprint density at radius 3 is 2.90 bits per heavy atom. The number of morpholine rings is 1. The molecule has 1 aromatic rings. The number of benzene rings is 1. The van der Waals surface area contributed by atoms with Crippen molar-refractivity contribution >= 4 is 11.9 Å². The van der Waals surface area contributed by atoms with Crippen molar-refractivity contribution in [3.8, 4) is 5.75 Å². The summed E-state index contributed by atoms with van der Waals surface area (Å²) in [7, 11) is 1.59. The van der Waals surface area contributed by atoms with Crippen LogP contribution in [0, 0.1) is 5.92 Å². The SMILES string of the molecule is COc1cccc(C2CN(C(=O)C(C)C(=O)O)CCO2)c1. The number of ether oxygens (including phenoxy) is 2. The van der Waals surface area contributed by atoms with Crippen molar-refractivity contribution in [1.29, 1.82) is 0 Å². The van der Waals surface area contributed by atoms with E-state index in [1.165, 1.54) is 6.92 Å². The Bertz CT molecular complexity index is 531. The lowest BCUT2D eigenvalue weighted by molar-refractivity contribution is -0.154. The Balaban J connectivity index is 2.10. The molecule has 6 heteroatoms. The standard InChI is InChI=1S/C15H19NO5/c1-10(15(18)19)14(17)16-6-7-21-13(9-16)11-4-3-5-12(8-11)20-2/h3-5,8,10,13H,6-7,9H2,1-2H3,(H,18,19). The lowest BCUT2D eigenvalue weighted by Crippen LogP contribution is -2.45. The van der Waals surface area contributed by atoms with Crippen molar-refractivity contribution in [3.63, 3.8) is 0 Å². The number of rotatable bonds is 4. The van der Waals surface area contributed by atoms with Gasteiger partial charge in [-0.25, -0.2) is 0 Å². The van der Waals surface area contributed by atoms with Crippen LogP contribution < -0.4 is 4.74 Å². The second-order valence-corrected chi connectivity index (χ2v) is 4.98. The van der Waals surface area contributed by atoms with Gasteiger partial charge in [0.1, 0.15) is 17.8 Å². The van der Waals surface area contributed by atoms with Gasteiger partial charge in [-0.15, -0.1) is 0 Å². The van der Waals surface area contributed by atoms with E-state index in [9.17, 15) is 9.59 Å². The van der Waals surface area contributed by atoms with E-state index in [0.29, 0.717) is 19.7 Å². The first-order chi connectivity index (χ1) is 10.0. The van der Waals surface area contributed by atoms with Crippen LogP contribution in [-0.2, 0) is 14.3 Å². The number of aliphatic carboxylic acids is 1. The normalized spacial score (nSPS) is 19.9. The molecule has 21 heavy (non-hydrogen) atoms. The molecule has 114 valence electrons. The summed E-state index contributed by atoms with van der Waals surface area (Å²) in [6.07, 6.45) is -0.265. The van der Waals surface area contributed by atoms with Crippen LogP contribution in [0.2, 0.25) is 0 Å². The molecule has 0 aliphatic carbocycles. The highest BCUT2D eigenvalue weighted by Gasteiger charge is 2.31. The number of hydrogen-bond acceptors (Lipinski definition) is 4. The zero-order valence-electron chi connectivity index (χ0n) is 12.1. The number of amides is 1. The van der Waals surface area contributed by atoms with E-state index < -0.39 is 11.9 Å². The van der Waals surface area contributed by atoms with Crippen LogP contribution in [0.5, 0.6) is 5.75 Å². The summed E-state index contributed by atoms with van der Waals surface area (Å²) in [6.45, 7) is 2.56. The number of carbonyl (C=O) groups is 2. The van der Waals surface area contributed by atoms with Gasteiger partial charge in [0.05, 0.1) is 20.3 Å². The van der Waals surface area contributed by atoms with E-state index >= 15 is 0 Å². The third-order valence-corrected chi connectivity index (χ3v) is 3.58. The maximum absolute atomic E-state index is 12.1. The van der Waals surface area contributed by atoms with Gasteiger partial charge in [0.25, 0.3) is 0 Å². The van der Waals surface area contributed by atoms with Gasteiger partial charge in [-0.1, -0.05) is 12.1 Å². The highest BCUT2D eigenvalue weighted by Crippen LogP contribution is 2.26. The van der Waals surface area contributed by atoms with Crippen LogP contribution in [0.4, 0.5) is 0 Å². The van der Waals surface area contributed by atoms with Crippen molar-refractivity contribution < 1.29 is 24.2 Å². The topological polar surface area (TPSA) is 76.1 Å². The molecule has 2 rings (SSSR count). The molecule has 0 spiro atoms. The molecule has 1 N–H and O–H groups in total. The molecule has 0 bridgehead atoms. The predicted molar refractivity (Wildman–Crippen MR) is 75.1 cm³/mol. The van der Waals surface area contributed by atoms with Crippen LogP contribution in [0.25, 0.3) is 0 Å². The van der Waals surface area contributed by atoms with Gasteiger partial charge < -0.3 is 19.5 Å². The lowest BCUT2D eigenvalue weighted by atomic mass is 10.1. The van der Waals surface area contributed by atoms with Gasteiger partial charge in [0, 0.05) is 6.54 Å². The van der Waals surface area contributed by atoms with Gasteiger partial charge in [0.2, 0.25) is 5.91 Å². The molecule has 1 heterocycles. The number of carboxylic acid groups (broad SMARTS) is 1. The Hall–Kier alpha value is -2.08. The van der Waals surface area contributed by atoms with Crippen LogP contribution in [0.3, 0.4) is 0 Å². The maximum Gasteiger partial charge on any atom is 0.315 e. The molecule has 1 aliphatic heterocycles. The Morgan fingerprint density at radius 2 is 2.24 bits per heavy atom. The first-order valence-electron chi connectivity index (χ1n) is 6.80. The summed E-state index contributed by atoms with van der Waals surface area (Å²) in [6, 6.07) is 7.46. The van der Waals surface area contributed by atoms with E-state index in [1.807, 2.05) is 24.3 Å². The average Bonchev–Trinajstić information content (AvgIpc) is 2.53. The number of methoxy groups -OCH3 is 1. The van der Waals surface area contributed by atoms with Crippen LogP contribution >= 0.6 is 0 Å². The lowest BCUT2D eigenvalue weighted by Gasteiger charge is -2.34. The first-order valence-corrected chi connectivity index (χ1v) is 6.80. The molecule has 6 nitrogen and oxygen atoms in total. The van der Waals surface area contributed by atoms with E-state index in [0.717, 1.165) is 11.3 Å². The van der Waals surface area contributed by atoms with Gasteiger partial charge in [0.15, 0.2) is 0 Å². The average molecular weight is 293 g/mol. The van der Waals surface area contributed by atoms with Gasteiger partial charge >= 0.3 is 5.97 Å². The number of hydrogen-bond donors (Lipinski definition) is 1. The molecule has 0 aromatic heterocycles. The van der Waals surface area contributed by atoms with E-state index in [1.54, 1.807) is 12.0 Å². The summed E-state index contributed by atoms with van der Waals surface area (Å²) in [4.78, 5) is 24.6. The minimum Gasteiger partial charge on any atom is -0.497 e. The van der Waals surface area contributed by atoms with Gasteiger partial charge in [-0.3, -0.25) is 9.59 Å². The molecule has 2 atom stereocenters. The highest BCUT2D eigenvalue weighted by molar-refractivity contribution is 5.96. The molecule has 1 aliphatic rings. The fourth-order valence-corrected chi connectivity index (χ4v) is 2.27. The minimum absolute atomic E-state index is 0.265. The van der Waals surface area contributed by atoms with Crippen molar-refractivity contribution in [3.05, 3.63) is 29.8 Å². The molecule has 1 amide bonds. The van der Waals surface area contributed by atoms with Crippen LogP contribution in [0.1, 0.15) is 18.6 Å². The number of carbonyl (C=O) groups excluding carboxylic acids is 1. The smallest absolute Gasteiger partial charge is 0.315 e. The largest absolute Gasteiger partial charge is 0.497 e. The molecule has 2 unspecified atom stereocenters. The van der Waals surface area contributed by atoms with Crippen molar-refractivity contribution in [1.82, 2.24) is 4.90 Å². The van der Waals surface area contributed by atoms with Crippen LogP contribution in [0.15, 0.2) is 24.3 Å². The second-order valence-electron chi connectivity index (χ2n) is 4.98. The fraction of sp³-hybridized carbons (Fsp3) is 0.467. The summed E-state index contributed by atoms with van der Waals surface area (Å²) in [5.41, 5.74) is 0.912. The van der Waals surface area contributed by atoms with Gasteiger partial charge in [-0.2, -0.15) is 0 Å². The monoisotopic (exact) mass is 293 g/mol. The van der Waals surface area contributed by atoms with Gasteiger partial charge in [-0.05, 0) is 24.6 Å². The zero-order valence-corrected chi connectivity index (χ0v) is 12.1. The van der Waals surface area contributed by atoms with Crippen molar-refractivity contribution in [2.24, 2.45) is 5.92 Å². The maximum atomic E-state index is 12.1.